The zero-order valence-electron chi connectivity index (χ0n) is 17.3. The second-order valence-electron chi connectivity index (χ2n) is 6.63. The molecule has 0 aliphatic heterocycles. The number of hydrogen-bond donors (Lipinski definition) is 2. The van der Waals surface area contributed by atoms with Crippen molar-refractivity contribution in [2.75, 3.05) is 26.7 Å². The molecule has 0 aliphatic carbocycles. The molecule has 1 aromatic heterocycles. The van der Waals surface area contributed by atoms with Crippen molar-refractivity contribution in [3.63, 3.8) is 0 Å². The van der Waals surface area contributed by atoms with Gasteiger partial charge < -0.3 is 10.6 Å². The topological polar surface area (TPSA) is 52.5 Å². The predicted molar refractivity (Wildman–Crippen MR) is 117 cm³/mol. The van der Waals surface area contributed by atoms with Crippen molar-refractivity contribution in [2.45, 2.75) is 47.2 Å². The van der Waals surface area contributed by atoms with E-state index < -0.39 is 0 Å². The zero-order chi connectivity index (χ0) is 19.6. The van der Waals surface area contributed by atoms with Crippen LogP contribution in [0.1, 0.15) is 40.6 Å². The first-order valence-electron chi connectivity index (χ1n) is 9.73. The van der Waals surface area contributed by atoms with Gasteiger partial charge in [0.05, 0.1) is 10.7 Å². The molecule has 0 spiro atoms. The Kier molecular flexibility index (Phi) is 8.75. The second-order valence-corrected chi connectivity index (χ2v) is 7.92. The summed E-state index contributed by atoms with van der Waals surface area (Å²) in [7, 11) is 1.81. The Morgan fingerprint density at radius 1 is 1.15 bits per heavy atom. The van der Waals surface area contributed by atoms with Crippen molar-refractivity contribution in [3.05, 3.63) is 51.0 Å². The lowest BCUT2D eigenvalue weighted by molar-refractivity contribution is 0.296. The smallest absolute Gasteiger partial charge is 0.191 e. The molecule has 148 valence electrons. The van der Waals surface area contributed by atoms with E-state index in [2.05, 4.69) is 77.5 Å². The molecular formula is C21H33N5S. The molecule has 27 heavy (non-hydrogen) atoms. The van der Waals surface area contributed by atoms with Gasteiger partial charge in [0, 0.05) is 38.0 Å². The van der Waals surface area contributed by atoms with E-state index in [9.17, 15) is 0 Å². The first-order valence-corrected chi connectivity index (χ1v) is 10.5. The molecule has 1 heterocycles. The van der Waals surface area contributed by atoms with Gasteiger partial charge in [0.1, 0.15) is 0 Å². The van der Waals surface area contributed by atoms with Crippen LogP contribution in [0.25, 0.3) is 0 Å². The monoisotopic (exact) mass is 387 g/mol. The fourth-order valence-electron chi connectivity index (χ4n) is 2.88. The number of rotatable bonds is 9. The van der Waals surface area contributed by atoms with Gasteiger partial charge in [-0.2, -0.15) is 0 Å². The summed E-state index contributed by atoms with van der Waals surface area (Å²) in [5, 5.41) is 7.96. The van der Waals surface area contributed by atoms with E-state index in [4.69, 9.17) is 0 Å². The zero-order valence-corrected chi connectivity index (χ0v) is 18.1. The van der Waals surface area contributed by atoms with E-state index in [0.29, 0.717) is 0 Å². The molecule has 1 aromatic carbocycles. The van der Waals surface area contributed by atoms with Crippen LogP contribution in [0, 0.1) is 13.8 Å². The number of guanidine groups is 1. The standard InChI is InChI=1S/C21H33N5S/c1-6-26(7-2)15-19-10-8-9-18(13-19)14-24-21(22-5)23-12-11-20-25-16(3)17(4)27-20/h8-10,13H,6-7,11-12,14-15H2,1-5H3,(H2,22,23,24). The number of aliphatic imine (C=N–C) groups is 1. The molecule has 2 N–H and O–H groups in total. The van der Waals surface area contributed by atoms with Crippen LogP contribution in [-0.2, 0) is 19.5 Å². The van der Waals surface area contributed by atoms with Gasteiger partial charge in [-0.3, -0.25) is 9.89 Å². The Bertz CT molecular complexity index is 714. The maximum absolute atomic E-state index is 4.59. The van der Waals surface area contributed by atoms with Gasteiger partial charge in [0.2, 0.25) is 0 Å². The molecule has 0 unspecified atom stereocenters. The van der Waals surface area contributed by atoms with E-state index in [0.717, 1.165) is 50.8 Å². The normalized spacial score (nSPS) is 11.9. The van der Waals surface area contributed by atoms with E-state index in [-0.39, 0.29) is 0 Å². The summed E-state index contributed by atoms with van der Waals surface area (Å²) in [6.07, 6.45) is 0.916. The minimum Gasteiger partial charge on any atom is -0.356 e. The summed E-state index contributed by atoms with van der Waals surface area (Å²) in [6.45, 7) is 13.4. The Morgan fingerprint density at radius 3 is 2.52 bits per heavy atom. The van der Waals surface area contributed by atoms with Crippen LogP contribution >= 0.6 is 11.3 Å². The molecular weight excluding hydrogens is 354 g/mol. The third-order valence-corrected chi connectivity index (χ3v) is 5.81. The predicted octanol–water partition coefficient (Wildman–Crippen LogP) is 3.51. The maximum atomic E-state index is 4.59. The molecule has 0 bridgehead atoms. The number of aromatic nitrogens is 1. The minimum absolute atomic E-state index is 0.765. The molecule has 5 nitrogen and oxygen atoms in total. The minimum atomic E-state index is 0.765. The fraction of sp³-hybridized carbons (Fsp3) is 0.524. The van der Waals surface area contributed by atoms with Crippen LogP contribution in [0.15, 0.2) is 29.3 Å². The number of hydrogen-bond acceptors (Lipinski definition) is 4. The molecule has 0 amide bonds. The summed E-state index contributed by atoms with van der Waals surface area (Å²) in [4.78, 5) is 12.6. The van der Waals surface area contributed by atoms with Crippen molar-refractivity contribution in [3.8, 4) is 0 Å². The van der Waals surface area contributed by atoms with E-state index in [1.807, 2.05) is 7.05 Å². The van der Waals surface area contributed by atoms with Gasteiger partial charge in [-0.1, -0.05) is 38.1 Å². The molecule has 0 atom stereocenters. The highest BCUT2D eigenvalue weighted by Gasteiger charge is 2.05. The van der Waals surface area contributed by atoms with E-state index in [1.165, 1.54) is 21.0 Å². The number of benzene rings is 1. The summed E-state index contributed by atoms with van der Waals surface area (Å²) in [6, 6.07) is 8.78. The lowest BCUT2D eigenvalue weighted by Gasteiger charge is -2.18. The number of nitrogens with one attached hydrogen (secondary N) is 2. The van der Waals surface area contributed by atoms with Gasteiger partial charge in [-0.25, -0.2) is 4.98 Å². The molecule has 0 saturated carbocycles. The van der Waals surface area contributed by atoms with Gasteiger partial charge in [0.25, 0.3) is 0 Å². The van der Waals surface area contributed by atoms with Gasteiger partial charge in [0.15, 0.2) is 5.96 Å². The Morgan fingerprint density at radius 2 is 1.89 bits per heavy atom. The highest BCUT2D eigenvalue weighted by molar-refractivity contribution is 7.11. The third kappa shape index (κ3) is 6.96. The molecule has 6 heteroatoms. The highest BCUT2D eigenvalue weighted by Crippen LogP contribution is 2.16. The largest absolute Gasteiger partial charge is 0.356 e. The first-order chi connectivity index (χ1) is 13.0. The van der Waals surface area contributed by atoms with Crippen LogP contribution in [-0.4, -0.2) is 42.5 Å². The second kappa shape index (κ2) is 11.0. The Labute approximate surface area is 167 Å². The third-order valence-electron chi connectivity index (χ3n) is 4.68. The molecule has 2 rings (SSSR count). The average Bonchev–Trinajstić information content (AvgIpc) is 3.00. The summed E-state index contributed by atoms with van der Waals surface area (Å²) in [5.74, 6) is 0.828. The van der Waals surface area contributed by atoms with Gasteiger partial charge in [-0.15, -0.1) is 11.3 Å². The summed E-state index contributed by atoms with van der Waals surface area (Å²) in [5.41, 5.74) is 3.77. The van der Waals surface area contributed by atoms with E-state index in [1.54, 1.807) is 11.3 Å². The molecule has 0 saturated heterocycles. The molecule has 0 aliphatic rings. The average molecular weight is 388 g/mol. The fourth-order valence-corrected chi connectivity index (χ4v) is 3.82. The molecule has 0 radical (unpaired) electrons. The summed E-state index contributed by atoms with van der Waals surface area (Å²) < 4.78 is 0. The van der Waals surface area contributed by atoms with Crippen molar-refractivity contribution in [1.29, 1.82) is 0 Å². The Balaban J connectivity index is 1.81. The lowest BCUT2D eigenvalue weighted by atomic mass is 10.1. The number of aryl methyl sites for hydroxylation is 2. The highest BCUT2D eigenvalue weighted by atomic mass is 32.1. The Hall–Kier alpha value is -1.92. The van der Waals surface area contributed by atoms with Crippen LogP contribution in [0.3, 0.4) is 0 Å². The number of nitrogens with zero attached hydrogens (tertiary/aromatic N) is 3. The van der Waals surface area contributed by atoms with Crippen molar-refractivity contribution >= 4 is 17.3 Å². The number of thiazole rings is 1. The molecule has 2 aromatic rings. The SMILES string of the molecule is CCN(CC)Cc1cccc(CNC(=NC)NCCc2nc(C)c(C)s2)c1. The van der Waals surface area contributed by atoms with Gasteiger partial charge >= 0.3 is 0 Å². The molecule has 0 fully saturated rings. The quantitative estimate of drug-likeness (QED) is 0.511. The van der Waals surface area contributed by atoms with Crippen LogP contribution in [0.5, 0.6) is 0 Å². The van der Waals surface area contributed by atoms with Crippen LogP contribution in [0.2, 0.25) is 0 Å². The first kappa shape index (κ1) is 21.4. The van der Waals surface area contributed by atoms with Gasteiger partial charge in [-0.05, 0) is 38.1 Å². The van der Waals surface area contributed by atoms with Crippen molar-refractivity contribution < 1.29 is 0 Å². The van der Waals surface area contributed by atoms with E-state index >= 15 is 0 Å². The van der Waals surface area contributed by atoms with Crippen LogP contribution < -0.4 is 10.6 Å². The maximum Gasteiger partial charge on any atom is 0.191 e. The van der Waals surface area contributed by atoms with Crippen LogP contribution in [0.4, 0.5) is 0 Å². The van der Waals surface area contributed by atoms with Crippen molar-refractivity contribution in [2.24, 2.45) is 4.99 Å². The van der Waals surface area contributed by atoms with Crippen molar-refractivity contribution in [1.82, 2.24) is 20.5 Å². The lowest BCUT2D eigenvalue weighted by Crippen LogP contribution is -2.37. The summed E-state index contributed by atoms with van der Waals surface area (Å²) >= 11 is 1.78.